The van der Waals surface area contributed by atoms with Crippen molar-refractivity contribution in [2.45, 2.75) is 145 Å². The zero-order valence-corrected chi connectivity index (χ0v) is 64.5. The maximum absolute atomic E-state index is 14.4. The minimum Gasteiger partial charge on any atom is -0.394 e. The van der Waals surface area contributed by atoms with E-state index in [-0.39, 0.29) is 99.9 Å². The van der Waals surface area contributed by atoms with Crippen molar-refractivity contribution < 1.29 is 103 Å². The number of aliphatic hydroxyl groups is 8. The third-order valence-corrected chi connectivity index (χ3v) is 22.4. The van der Waals surface area contributed by atoms with Crippen LogP contribution < -0.4 is 0 Å². The van der Waals surface area contributed by atoms with Crippen molar-refractivity contribution in [1.29, 1.82) is 0 Å². The van der Waals surface area contributed by atoms with Crippen LogP contribution in [0.15, 0.2) is 195 Å². The summed E-state index contributed by atoms with van der Waals surface area (Å²) in [5, 5.41) is 98.8. The van der Waals surface area contributed by atoms with Gasteiger partial charge in [-0.15, -0.1) is 0 Å². The Kier molecular flexibility index (Phi) is 22.6. The molecule has 16 rings (SSSR count). The molecular weight excluding hydrogens is 1560 g/mol. The van der Waals surface area contributed by atoms with Crippen molar-refractivity contribution in [2.24, 2.45) is 0 Å². The monoisotopic (exact) mass is 1640 g/mol. The van der Waals surface area contributed by atoms with E-state index in [0.717, 1.165) is 12.1 Å². The van der Waals surface area contributed by atoms with Crippen LogP contribution >= 0.6 is 0 Å². The fourth-order valence-electron chi connectivity index (χ4n) is 16.3. The number of aromatic nitrogens is 8. The van der Waals surface area contributed by atoms with Crippen molar-refractivity contribution >= 4 is 5.78 Å². The number of alkyl halides is 12. The average molecular weight is 1640 g/mol. The number of carbonyl (C=O) groups excluding carboxylic acids is 1. The number of Topliss-reactive ketones (excluding diaryl/α,β-unsaturated/α-hetero) is 1. The van der Waals surface area contributed by atoms with Crippen molar-refractivity contribution in [1.82, 2.24) is 39.1 Å². The predicted octanol–water partition coefficient (Wildman–Crippen LogP) is 17.3. The molecule has 0 bridgehead atoms. The number of aliphatic hydroxyl groups excluding tert-OH is 4. The number of carbonyl (C=O) groups is 1. The van der Waals surface area contributed by atoms with E-state index in [2.05, 4.69) is 20.4 Å². The lowest BCUT2D eigenvalue weighted by Gasteiger charge is -2.28. The summed E-state index contributed by atoms with van der Waals surface area (Å²) in [5.41, 5.74) is -7.29. The first-order valence-corrected chi connectivity index (χ1v) is 37.6. The van der Waals surface area contributed by atoms with Gasteiger partial charge in [-0.25, -0.2) is 4.39 Å². The fraction of sp³-hybridized carbons (Fsp3) is 0.307. The van der Waals surface area contributed by atoms with E-state index < -0.39 is 64.0 Å². The van der Waals surface area contributed by atoms with Gasteiger partial charge >= 0.3 is 24.7 Å². The van der Waals surface area contributed by atoms with Crippen molar-refractivity contribution in [2.75, 3.05) is 26.4 Å². The first kappa shape index (κ1) is 84.9. The molecule has 0 saturated carbocycles. The summed E-state index contributed by atoms with van der Waals surface area (Å²) in [6.45, 7) is 11.6. The second-order valence-electron chi connectivity index (χ2n) is 30.3. The van der Waals surface area contributed by atoms with Gasteiger partial charge in [-0.1, -0.05) is 164 Å². The minimum absolute atomic E-state index is 0.0831. The molecule has 4 heterocycles. The van der Waals surface area contributed by atoms with Crippen LogP contribution in [0.2, 0.25) is 0 Å². The van der Waals surface area contributed by atoms with E-state index in [0.29, 0.717) is 121 Å². The quantitative estimate of drug-likeness (QED) is 0.0396. The van der Waals surface area contributed by atoms with Crippen LogP contribution in [-0.2, 0) is 39.3 Å². The van der Waals surface area contributed by atoms with E-state index >= 15 is 0 Å². The summed E-state index contributed by atoms with van der Waals surface area (Å²) in [5.74, 6) is -0.793. The summed E-state index contributed by atoms with van der Waals surface area (Å²) >= 11 is 0. The maximum Gasteiger partial charge on any atom is 0.425 e. The average Bonchev–Trinajstić information content (AvgIpc) is 1.56. The van der Waals surface area contributed by atoms with E-state index in [4.69, 9.17) is 0 Å². The predicted molar refractivity (Wildman–Crippen MR) is 413 cm³/mol. The molecule has 4 aromatic heterocycles. The molecule has 8 N–H and O–H groups in total. The smallest absolute Gasteiger partial charge is 0.394 e. The van der Waals surface area contributed by atoms with Crippen LogP contribution in [0.5, 0.6) is 0 Å². The molecule has 0 radical (unpaired) electrons. The van der Waals surface area contributed by atoms with E-state index in [9.17, 15) is 103 Å². The van der Waals surface area contributed by atoms with Gasteiger partial charge in [-0.3, -0.25) is 18.7 Å². The number of aryl methyl sites for hydroxylation is 4. The van der Waals surface area contributed by atoms with E-state index in [1.165, 1.54) is 101 Å². The highest BCUT2D eigenvalue weighted by atomic mass is 19.4. The van der Waals surface area contributed by atoms with Gasteiger partial charge in [-0.2, -0.15) is 73.1 Å². The fourth-order valence-corrected chi connectivity index (χ4v) is 16.3. The second-order valence-corrected chi connectivity index (χ2v) is 30.3. The first-order chi connectivity index (χ1) is 55.6. The number of halogens is 13. The van der Waals surface area contributed by atoms with Gasteiger partial charge in [0.15, 0.2) is 0 Å². The Hall–Kier alpha value is -11.0. The molecular formula is C88H81F13N8O9. The van der Waals surface area contributed by atoms with Gasteiger partial charge in [0.05, 0.1) is 63.3 Å². The SMILES string of the molecule is CC(=O)CCCn1cc(-c2cc(C)cc3c2-c2ccccc2C3(O)C(F)(F)F)cn1.CCC(CO)n1cc(-c2cc(C)cc3c2-c2ccccc2C3(O)C(F)(F)F)cn1.CCC(CO)n1cc(-c2cc(F)cc3c2-c2ccccc2C3(O)C(F)(F)F)cn1.Cc1cc(-c2cnn(C(C)(CO)CO)c2)c2c(c1)C(O)(C(F)(F)F)c1ccccc1-2. The molecule has 8 aromatic carbocycles. The Morgan fingerprint density at radius 1 is 0.407 bits per heavy atom. The molecule has 0 fully saturated rings. The Balaban J connectivity index is 0.000000136. The lowest BCUT2D eigenvalue weighted by atomic mass is 9.88. The standard InChI is InChI=1S/C23H21F3N2O2.C22H21F3N2O3.C22H21F3N2O2.C21H18F4N2O2/c1-14-10-18(16-12-27-28(13-16)9-5-6-15(2)29)21-17-7-3-4-8-19(17)22(30,20(21)11-14)23(24,25)26;1-13-7-16(14-9-26-27(10-14)20(2,11-28)12-29)19-15-5-3-4-6-17(15)21(30,18(19)8-13)22(23,24)25;1-3-15(12-28)27-11-14(10-26-27)17-8-13(2)9-19-20(17)16-6-4-5-7-18(16)21(19,29)22(23,24)25;1-2-14(11-28)27-10-12(9-26-27)16-7-13(22)8-18-19(16)15-5-3-4-6-17(15)20(18,29)21(23,24)25/h3-4,7-8,10-13,30H,5-6,9H2,1-2H3;3-10,28-30H,11-12H2,1-2H3;4-11,15,28-29H,3,12H2,1-2H3;3-10,14,28-29H,2,11H2,1H3. The second kappa shape index (κ2) is 31.4. The van der Waals surface area contributed by atoms with Crippen molar-refractivity contribution in [3.05, 3.63) is 262 Å². The van der Waals surface area contributed by atoms with Crippen LogP contribution in [0.25, 0.3) is 89.0 Å². The van der Waals surface area contributed by atoms with Gasteiger partial charge in [0.25, 0.3) is 0 Å². The number of rotatable bonds is 17. The molecule has 6 atom stereocenters. The first-order valence-electron chi connectivity index (χ1n) is 37.6. The van der Waals surface area contributed by atoms with Gasteiger partial charge in [0.1, 0.15) is 17.1 Å². The summed E-state index contributed by atoms with van der Waals surface area (Å²) in [6, 6.07) is 34.7. The topological polar surface area (TPSA) is 250 Å². The number of nitrogens with zero attached hydrogens (tertiary/aromatic N) is 8. The maximum atomic E-state index is 14.4. The van der Waals surface area contributed by atoms with Gasteiger partial charge in [0.2, 0.25) is 22.4 Å². The van der Waals surface area contributed by atoms with Crippen molar-refractivity contribution in [3.8, 4) is 89.0 Å². The summed E-state index contributed by atoms with van der Waals surface area (Å²) in [7, 11) is 0. The molecule has 30 heteroatoms. The molecule has 0 aliphatic heterocycles. The Morgan fingerprint density at radius 2 is 0.712 bits per heavy atom. The minimum atomic E-state index is -5.03. The summed E-state index contributed by atoms with van der Waals surface area (Å²) < 4.78 is 189. The van der Waals surface area contributed by atoms with Gasteiger partial charge in [0, 0.05) is 105 Å². The number of hydrogen-bond acceptors (Lipinski definition) is 13. The number of benzene rings is 8. The number of ketones is 1. The lowest BCUT2D eigenvalue weighted by Crippen LogP contribution is -2.41. The largest absolute Gasteiger partial charge is 0.425 e. The molecule has 618 valence electrons. The van der Waals surface area contributed by atoms with Crippen molar-refractivity contribution in [3.63, 3.8) is 0 Å². The van der Waals surface area contributed by atoms with Crippen LogP contribution in [-0.4, -0.2) is 137 Å². The molecule has 0 saturated heterocycles. The van der Waals surface area contributed by atoms with Crippen LogP contribution in [0.3, 0.4) is 0 Å². The van der Waals surface area contributed by atoms with Crippen LogP contribution in [0.4, 0.5) is 57.1 Å². The molecule has 118 heavy (non-hydrogen) atoms. The Bertz CT molecular complexity index is 5620. The molecule has 0 spiro atoms. The van der Waals surface area contributed by atoms with Gasteiger partial charge in [-0.05, 0) is 133 Å². The summed E-state index contributed by atoms with van der Waals surface area (Å²) in [4.78, 5) is 11.1. The van der Waals surface area contributed by atoms with Crippen LogP contribution in [0, 0.1) is 26.6 Å². The third kappa shape index (κ3) is 14.2. The highest BCUT2D eigenvalue weighted by molar-refractivity contribution is 5.96. The van der Waals surface area contributed by atoms with Gasteiger partial charge < -0.3 is 45.6 Å². The zero-order chi connectivity index (χ0) is 85.5. The normalized spacial score (nSPS) is 18.6. The third-order valence-electron chi connectivity index (χ3n) is 22.4. The highest BCUT2D eigenvalue weighted by Gasteiger charge is 2.65. The van der Waals surface area contributed by atoms with Crippen LogP contribution in [0.1, 0.15) is 127 Å². The Morgan fingerprint density at radius 3 is 1.03 bits per heavy atom. The van der Waals surface area contributed by atoms with E-state index in [1.807, 2.05) is 19.9 Å². The number of hydrogen-bond donors (Lipinski definition) is 8. The molecule has 0 amide bonds. The molecule has 17 nitrogen and oxygen atoms in total. The lowest BCUT2D eigenvalue weighted by molar-refractivity contribution is -0.247. The molecule has 4 aliphatic carbocycles. The van der Waals surface area contributed by atoms with E-state index in [1.54, 1.807) is 129 Å². The molecule has 6 unspecified atom stereocenters. The summed E-state index contributed by atoms with van der Waals surface area (Å²) in [6.07, 6.45) is -4.61. The number of fused-ring (bicyclic) bond motifs is 12. The highest BCUT2D eigenvalue weighted by Crippen LogP contribution is 2.62. The Labute approximate surface area is 667 Å². The molecule has 4 aliphatic rings. The molecule has 12 aromatic rings. The zero-order valence-electron chi connectivity index (χ0n) is 64.5.